The minimum absolute atomic E-state index is 0.0462. The van der Waals surface area contributed by atoms with Gasteiger partial charge in [-0.2, -0.15) is 0 Å². The van der Waals surface area contributed by atoms with Gasteiger partial charge >= 0.3 is 0 Å². The van der Waals surface area contributed by atoms with Crippen molar-refractivity contribution in [3.8, 4) is 11.8 Å². The summed E-state index contributed by atoms with van der Waals surface area (Å²) in [5.74, 6) is 7.28. The van der Waals surface area contributed by atoms with Crippen molar-refractivity contribution in [2.75, 3.05) is 33.2 Å². The Morgan fingerprint density at radius 2 is 2.16 bits per heavy atom. The van der Waals surface area contributed by atoms with E-state index in [1.807, 2.05) is 12.3 Å². The summed E-state index contributed by atoms with van der Waals surface area (Å²) in [6.45, 7) is 4.28. The molecule has 1 aromatic rings. The first-order chi connectivity index (χ1) is 12.1. The second kappa shape index (κ2) is 7.25. The lowest BCUT2D eigenvalue weighted by Gasteiger charge is -2.34. The minimum atomic E-state index is 0.0462. The maximum Gasteiger partial charge on any atom is 0.129 e. The van der Waals surface area contributed by atoms with Gasteiger partial charge in [0.25, 0.3) is 0 Å². The molecule has 1 spiro atoms. The molecule has 0 aromatic carbocycles. The van der Waals surface area contributed by atoms with E-state index < -0.39 is 0 Å². The second-order valence-electron chi connectivity index (χ2n) is 7.69. The molecule has 1 N–H and O–H groups in total. The molecule has 4 rings (SSSR count). The lowest BCUT2D eigenvalue weighted by atomic mass is 9.89. The molecule has 0 aliphatic carbocycles. The topological polar surface area (TPSA) is 37.4 Å². The molecule has 1 aromatic heterocycles. The van der Waals surface area contributed by atoms with Crippen molar-refractivity contribution in [3.05, 3.63) is 28.5 Å². The van der Waals surface area contributed by atoms with Gasteiger partial charge in [0, 0.05) is 29.8 Å². The number of nitrogens with one attached hydrogen (secondary N) is 1. The molecule has 5 heteroatoms. The van der Waals surface area contributed by atoms with Crippen molar-refractivity contribution >= 4 is 11.6 Å². The van der Waals surface area contributed by atoms with Gasteiger partial charge in [0.1, 0.15) is 5.15 Å². The molecule has 2 atom stereocenters. The van der Waals surface area contributed by atoms with E-state index in [0.29, 0.717) is 11.1 Å². The fraction of sp³-hybridized carbons (Fsp3) is 0.650. The third kappa shape index (κ3) is 3.85. The highest BCUT2D eigenvalue weighted by Crippen LogP contribution is 2.45. The van der Waals surface area contributed by atoms with Crippen molar-refractivity contribution in [2.24, 2.45) is 5.92 Å². The monoisotopic (exact) mass is 359 g/mol. The second-order valence-corrected chi connectivity index (χ2v) is 8.08. The largest absolute Gasteiger partial charge is 0.367 e. The van der Waals surface area contributed by atoms with Gasteiger partial charge in [0.2, 0.25) is 0 Å². The third-order valence-electron chi connectivity index (χ3n) is 5.82. The summed E-state index contributed by atoms with van der Waals surface area (Å²) in [5, 5.41) is 3.95. The van der Waals surface area contributed by atoms with Gasteiger partial charge in [-0.15, -0.1) is 0 Å². The van der Waals surface area contributed by atoms with E-state index >= 15 is 0 Å². The molecule has 2 unspecified atom stereocenters. The molecule has 134 valence electrons. The van der Waals surface area contributed by atoms with Gasteiger partial charge in [0.15, 0.2) is 0 Å². The SMILES string of the molecule is CN1CCC(C#Cc2cnc(Cl)cc2C2CCC3(CCNCC3)O2)C1. The van der Waals surface area contributed by atoms with Crippen LogP contribution in [0.2, 0.25) is 5.15 Å². The van der Waals surface area contributed by atoms with Gasteiger partial charge in [-0.3, -0.25) is 0 Å². The quantitative estimate of drug-likeness (QED) is 0.618. The summed E-state index contributed by atoms with van der Waals surface area (Å²) in [5.41, 5.74) is 2.15. The number of hydrogen-bond donors (Lipinski definition) is 1. The average Bonchev–Trinajstić information content (AvgIpc) is 3.21. The number of nitrogens with zero attached hydrogens (tertiary/aromatic N) is 2. The minimum Gasteiger partial charge on any atom is -0.367 e. The Labute approximate surface area is 155 Å². The molecule has 3 aliphatic rings. The van der Waals surface area contributed by atoms with Crippen molar-refractivity contribution < 1.29 is 4.74 Å². The van der Waals surface area contributed by atoms with Gasteiger partial charge in [-0.25, -0.2) is 4.98 Å². The van der Waals surface area contributed by atoms with Crippen LogP contribution in [0.1, 0.15) is 49.3 Å². The summed E-state index contributed by atoms with van der Waals surface area (Å²) in [6.07, 6.45) is 7.42. The highest BCUT2D eigenvalue weighted by Gasteiger charge is 2.41. The summed E-state index contributed by atoms with van der Waals surface area (Å²) >= 11 is 6.19. The number of likely N-dealkylation sites (tertiary alicyclic amines) is 1. The molecule has 4 nitrogen and oxygen atoms in total. The van der Waals surface area contributed by atoms with Gasteiger partial charge in [0.05, 0.1) is 11.7 Å². The van der Waals surface area contributed by atoms with Crippen LogP contribution in [-0.2, 0) is 4.74 Å². The smallest absolute Gasteiger partial charge is 0.129 e. The lowest BCUT2D eigenvalue weighted by Crippen LogP contribution is -2.41. The third-order valence-corrected chi connectivity index (χ3v) is 6.03. The van der Waals surface area contributed by atoms with Crippen molar-refractivity contribution in [1.29, 1.82) is 0 Å². The van der Waals surface area contributed by atoms with Crippen molar-refractivity contribution in [3.63, 3.8) is 0 Å². The lowest BCUT2D eigenvalue weighted by molar-refractivity contribution is -0.0606. The molecule has 0 saturated carbocycles. The van der Waals surface area contributed by atoms with Crippen molar-refractivity contribution in [2.45, 2.75) is 43.8 Å². The Morgan fingerprint density at radius 1 is 1.32 bits per heavy atom. The van der Waals surface area contributed by atoms with Crippen LogP contribution < -0.4 is 5.32 Å². The van der Waals surface area contributed by atoms with Crippen LogP contribution in [0.5, 0.6) is 0 Å². The molecule has 0 bridgehead atoms. The van der Waals surface area contributed by atoms with Crippen LogP contribution in [0, 0.1) is 17.8 Å². The molecule has 3 saturated heterocycles. The van der Waals surface area contributed by atoms with Gasteiger partial charge in [-0.05, 0) is 64.9 Å². The Hall–Kier alpha value is -1.12. The van der Waals surface area contributed by atoms with E-state index in [2.05, 4.69) is 34.1 Å². The number of rotatable bonds is 1. The number of halogens is 1. The average molecular weight is 360 g/mol. The van der Waals surface area contributed by atoms with Crippen LogP contribution in [0.15, 0.2) is 12.3 Å². The van der Waals surface area contributed by atoms with Crippen LogP contribution >= 0.6 is 11.6 Å². The number of aromatic nitrogens is 1. The molecule has 0 radical (unpaired) electrons. The number of ether oxygens (including phenoxy) is 1. The molecule has 25 heavy (non-hydrogen) atoms. The fourth-order valence-corrected chi connectivity index (χ4v) is 4.50. The normalized spacial score (nSPS) is 28.9. The summed E-state index contributed by atoms with van der Waals surface area (Å²) in [4.78, 5) is 6.60. The zero-order valence-electron chi connectivity index (χ0n) is 14.9. The highest BCUT2D eigenvalue weighted by atomic mass is 35.5. The number of pyridine rings is 1. The van der Waals surface area contributed by atoms with Gasteiger partial charge < -0.3 is 15.0 Å². The zero-order chi connectivity index (χ0) is 17.3. The van der Waals surface area contributed by atoms with E-state index in [0.717, 1.165) is 69.4 Å². The molecular formula is C20H26ClN3O. The van der Waals surface area contributed by atoms with Crippen LogP contribution in [0.3, 0.4) is 0 Å². The number of hydrogen-bond acceptors (Lipinski definition) is 4. The van der Waals surface area contributed by atoms with Crippen molar-refractivity contribution in [1.82, 2.24) is 15.2 Å². The van der Waals surface area contributed by atoms with E-state index in [4.69, 9.17) is 16.3 Å². The molecule has 3 fully saturated rings. The first kappa shape index (κ1) is 17.3. The van der Waals surface area contributed by atoms with E-state index in [1.54, 1.807) is 0 Å². The summed E-state index contributed by atoms with van der Waals surface area (Å²) in [6, 6.07) is 1.96. The maximum absolute atomic E-state index is 6.56. The van der Waals surface area contributed by atoms with Gasteiger partial charge in [-0.1, -0.05) is 23.4 Å². The molecule has 3 aliphatic heterocycles. The molecular weight excluding hydrogens is 334 g/mol. The van der Waals surface area contributed by atoms with Crippen LogP contribution in [0.25, 0.3) is 0 Å². The first-order valence-electron chi connectivity index (χ1n) is 9.38. The predicted octanol–water partition coefficient (Wildman–Crippen LogP) is 3.01. The fourth-order valence-electron chi connectivity index (χ4n) is 4.33. The maximum atomic E-state index is 6.56. The number of piperidine rings is 1. The van der Waals surface area contributed by atoms with E-state index in [-0.39, 0.29) is 11.7 Å². The molecule has 0 amide bonds. The first-order valence-corrected chi connectivity index (χ1v) is 9.75. The van der Waals surface area contributed by atoms with E-state index in [9.17, 15) is 0 Å². The molecule has 4 heterocycles. The Balaban J connectivity index is 1.55. The summed E-state index contributed by atoms with van der Waals surface area (Å²) < 4.78 is 6.56. The Morgan fingerprint density at radius 3 is 2.92 bits per heavy atom. The predicted molar refractivity (Wildman–Crippen MR) is 99.6 cm³/mol. The van der Waals surface area contributed by atoms with Crippen LogP contribution in [-0.4, -0.2) is 48.7 Å². The zero-order valence-corrected chi connectivity index (χ0v) is 15.6. The Kier molecular flexibility index (Phi) is 5.01. The summed E-state index contributed by atoms with van der Waals surface area (Å²) in [7, 11) is 2.15. The standard InChI is InChI=1S/C20H26ClN3O/c1-24-11-5-15(14-24)2-3-16-13-23-19(21)12-17(16)18-4-6-20(25-18)7-9-22-10-8-20/h12-13,15,18,22H,4-11,14H2,1H3. The Bertz CT molecular complexity index is 690. The van der Waals surface area contributed by atoms with E-state index in [1.165, 1.54) is 0 Å². The highest BCUT2D eigenvalue weighted by molar-refractivity contribution is 6.29. The van der Waals surface area contributed by atoms with Crippen LogP contribution in [0.4, 0.5) is 0 Å².